The number of aryl methyl sites for hydroxylation is 2. The molecule has 0 radical (unpaired) electrons. The van der Waals surface area contributed by atoms with E-state index in [-0.39, 0.29) is 6.04 Å². The molecule has 1 aliphatic heterocycles. The van der Waals surface area contributed by atoms with Gasteiger partial charge < -0.3 is 20.6 Å². The van der Waals surface area contributed by atoms with Crippen molar-refractivity contribution in [1.29, 1.82) is 0 Å². The first-order valence-corrected chi connectivity index (χ1v) is 7.87. The fraction of sp³-hybridized carbons (Fsp3) is 0.562. The zero-order chi connectivity index (χ0) is 16.7. The number of nitrogens with one attached hydrogen (secondary N) is 2. The van der Waals surface area contributed by atoms with E-state index >= 15 is 0 Å². The summed E-state index contributed by atoms with van der Waals surface area (Å²) in [6, 6.07) is -0.0743. The average Bonchev–Trinajstić information content (AvgIpc) is 2.81. The SMILES string of the molecule is CNc1nc(NC2CN(C)CC2O)nc2nc(C)c(C)c(C)c12. The Bertz CT molecular complexity index is 747. The first kappa shape index (κ1) is 15.9. The zero-order valence-corrected chi connectivity index (χ0v) is 14.3. The van der Waals surface area contributed by atoms with Crippen molar-refractivity contribution in [3.63, 3.8) is 0 Å². The van der Waals surface area contributed by atoms with E-state index in [0.717, 1.165) is 34.6 Å². The monoisotopic (exact) mass is 316 g/mol. The number of aliphatic hydroxyl groups is 1. The summed E-state index contributed by atoms with van der Waals surface area (Å²) in [5.74, 6) is 1.25. The van der Waals surface area contributed by atoms with Gasteiger partial charge in [-0.3, -0.25) is 0 Å². The van der Waals surface area contributed by atoms with Gasteiger partial charge in [-0.25, -0.2) is 4.98 Å². The third-order valence-electron chi connectivity index (χ3n) is 4.67. The number of pyridine rings is 1. The third kappa shape index (κ3) is 2.82. The van der Waals surface area contributed by atoms with Crippen LogP contribution in [0.4, 0.5) is 11.8 Å². The molecule has 1 aliphatic rings. The van der Waals surface area contributed by atoms with Crippen molar-refractivity contribution >= 4 is 22.8 Å². The van der Waals surface area contributed by atoms with Crippen LogP contribution in [0.15, 0.2) is 0 Å². The fourth-order valence-electron chi connectivity index (χ4n) is 3.11. The van der Waals surface area contributed by atoms with E-state index < -0.39 is 6.10 Å². The molecular formula is C16H24N6O. The van der Waals surface area contributed by atoms with Gasteiger partial charge in [0, 0.05) is 25.8 Å². The number of likely N-dealkylation sites (tertiary alicyclic amines) is 1. The van der Waals surface area contributed by atoms with Gasteiger partial charge in [-0.2, -0.15) is 9.97 Å². The maximum atomic E-state index is 10.1. The van der Waals surface area contributed by atoms with Gasteiger partial charge in [0.1, 0.15) is 5.82 Å². The van der Waals surface area contributed by atoms with Crippen LogP contribution in [0.1, 0.15) is 16.8 Å². The summed E-state index contributed by atoms with van der Waals surface area (Å²) >= 11 is 0. The minimum atomic E-state index is -0.424. The van der Waals surface area contributed by atoms with Crippen molar-refractivity contribution in [2.75, 3.05) is 37.8 Å². The molecule has 0 amide bonds. The van der Waals surface area contributed by atoms with Crippen LogP contribution in [0.2, 0.25) is 0 Å². The molecule has 124 valence electrons. The van der Waals surface area contributed by atoms with Crippen molar-refractivity contribution in [3.8, 4) is 0 Å². The number of hydrogen-bond acceptors (Lipinski definition) is 7. The molecule has 1 saturated heterocycles. The number of hydrogen-bond donors (Lipinski definition) is 3. The lowest BCUT2D eigenvalue weighted by Gasteiger charge is -2.18. The topological polar surface area (TPSA) is 86.2 Å². The van der Waals surface area contributed by atoms with Crippen molar-refractivity contribution in [2.45, 2.75) is 32.9 Å². The molecule has 23 heavy (non-hydrogen) atoms. The molecule has 3 N–H and O–H groups in total. The van der Waals surface area contributed by atoms with Crippen molar-refractivity contribution in [3.05, 3.63) is 16.8 Å². The summed E-state index contributed by atoms with van der Waals surface area (Å²) in [5.41, 5.74) is 3.95. The van der Waals surface area contributed by atoms with Crippen LogP contribution in [0.5, 0.6) is 0 Å². The first-order chi connectivity index (χ1) is 10.9. The number of aliphatic hydroxyl groups excluding tert-OH is 1. The maximum Gasteiger partial charge on any atom is 0.227 e. The standard InChI is InChI=1S/C16H24N6O/c1-8-9(2)13-14(17-4)20-16(21-15(13)18-10(8)3)19-11-6-22(5)7-12(11)23/h11-12,23H,6-7H2,1-5H3,(H2,17,18,19,20,21). The third-order valence-corrected chi connectivity index (χ3v) is 4.67. The Morgan fingerprint density at radius 2 is 1.83 bits per heavy atom. The largest absolute Gasteiger partial charge is 0.390 e. The molecule has 7 nitrogen and oxygen atoms in total. The van der Waals surface area contributed by atoms with Gasteiger partial charge in [0.25, 0.3) is 0 Å². The second kappa shape index (κ2) is 5.90. The number of aromatic nitrogens is 3. The predicted molar refractivity (Wildman–Crippen MR) is 92.0 cm³/mol. The minimum absolute atomic E-state index is 0.0743. The fourth-order valence-corrected chi connectivity index (χ4v) is 3.11. The first-order valence-electron chi connectivity index (χ1n) is 7.87. The molecule has 0 aromatic carbocycles. The lowest BCUT2D eigenvalue weighted by atomic mass is 10.1. The number of anilines is 2. The van der Waals surface area contributed by atoms with Gasteiger partial charge in [0.2, 0.25) is 5.95 Å². The number of fused-ring (bicyclic) bond motifs is 1. The number of likely N-dealkylation sites (N-methyl/N-ethyl adjacent to an activating group) is 1. The maximum absolute atomic E-state index is 10.1. The Labute approximate surface area is 136 Å². The minimum Gasteiger partial charge on any atom is -0.390 e. The number of β-amino-alcohol motifs (C(OH)–C–C–N with tert-alkyl or cyclic N) is 1. The second-order valence-electron chi connectivity index (χ2n) is 6.33. The molecule has 2 unspecified atom stereocenters. The summed E-state index contributed by atoms with van der Waals surface area (Å²) in [6.07, 6.45) is -0.424. The van der Waals surface area contributed by atoms with E-state index in [0.29, 0.717) is 18.1 Å². The number of nitrogens with zero attached hydrogens (tertiary/aromatic N) is 4. The molecule has 2 aromatic heterocycles. The molecule has 7 heteroatoms. The molecule has 1 fully saturated rings. The Morgan fingerprint density at radius 3 is 2.43 bits per heavy atom. The Kier molecular flexibility index (Phi) is 4.08. The quantitative estimate of drug-likeness (QED) is 0.781. The van der Waals surface area contributed by atoms with Crippen molar-refractivity contribution in [1.82, 2.24) is 19.9 Å². The van der Waals surface area contributed by atoms with E-state index in [2.05, 4.69) is 44.3 Å². The molecule has 0 bridgehead atoms. The predicted octanol–water partition coefficient (Wildman–Crippen LogP) is 1.08. The van der Waals surface area contributed by atoms with E-state index in [4.69, 9.17) is 0 Å². The van der Waals surface area contributed by atoms with Crippen LogP contribution in [0.25, 0.3) is 11.0 Å². The smallest absolute Gasteiger partial charge is 0.227 e. The van der Waals surface area contributed by atoms with Gasteiger partial charge in [-0.05, 0) is 38.9 Å². The lowest BCUT2D eigenvalue weighted by molar-refractivity contribution is 0.174. The zero-order valence-electron chi connectivity index (χ0n) is 14.3. The van der Waals surface area contributed by atoms with E-state index in [9.17, 15) is 5.11 Å². The van der Waals surface area contributed by atoms with Crippen LogP contribution in [-0.4, -0.2) is 64.3 Å². The average molecular weight is 316 g/mol. The molecule has 0 saturated carbocycles. The Hall–Kier alpha value is -1.99. The van der Waals surface area contributed by atoms with Gasteiger partial charge in [-0.1, -0.05) is 0 Å². The van der Waals surface area contributed by atoms with Crippen LogP contribution >= 0.6 is 0 Å². The summed E-state index contributed by atoms with van der Waals surface area (Å²) in [4.78, 5) is 15.8. The van der Waals surface area contributed by atoms with Gasteiger partial charge in [0.05, 0.1) is 17.5 Å². The van der Waals surface area contributed by atoms with Gasteiger partial charge >= 0.3 is 0 Å². The highest BCUT2D eigenvalue weighted by Crippen LogP contribution is 2.28. The number of rotatable bonds is 3. The van der Waals surface area contributed by atoms with E-state index in [1.54, 1.807) is 0 Å². The highest BCUT2D eigenvalue weighted by Gasteiger charge is 2.29. The summed E-state index contributed by atoms with van der Waals surface area (Å²) in [6.45, 7) is 7.54. The van der Waals surface area contributed by atoms with Crippen LogP contribution in [-0.2, 0) is 0 Å². The summed E-state index contributed by atoms with van der Waals surface area (Å²) in [5, 5.41) is 17.4. The Morgan fingerprint density at radius 1 is 1.09 bits per heavy atom. The molecular weight excluding hydrogens is 292 g/mol. The molecule has 2 atom stereocenters. The summed E-state index contributed by atoms with van der Waals surface area (Å²) in [7, 11) is 3.83. The molecule has 3 rings (SSSR count). The lowest BCUT2D eigenvalue weighted by Crippen LogP contribution is -2.32. The highest BCUT2D eigenvalue weighted by molar-refractivity contribution is 5.91. The molecule has 0 aliphatic carbocycles. The van der Waals surface area contributed by atoms with E-state index in [1.165, 1.54) is 0 Å². The van der Waals surface area contributed by atoms with Gasteiger partial charge in [-0.15, -0.1) is 0 Å². The molecule has 3 heterocycles. The Balaban J connectivity index is 2.04. The molecule has 2 aromatic rings. The summed E-state index contributed by atoms with van der Waals surface area (Å²) < 4.78 is 0. The van der Waals surface area contributed by atoms with Crippen LogP contribution in [0.3, 0.4) is 0 Å². The van der Waals surface area contributed by atoms with E-state index in [1.807, 2.05) is 21.0 Å². The van der Waals surface area contributed by atoms with Gasteiger partial charge in [0.15, 0.2) is 5.65 Å². The van der Waals surface area contributed by atoms with Crippen molar-refractivity contribution < 1.29 is 5.11 Å². The van der Waals surface area contributed by atoms with Crippen molar-refractivity contribution in [2.24, 2.45) is 0 Å². The normalized spacial score (nSPS) is 21.8. The van der Waals surface area contributed by atoms with Crippen LogP contribution < -0.4 is 10.6 Å². The second-order valence-corrected chi connectivity index (χ2v) is 6.33. The highest BCUT2D eigenvalue weighted by atomic mass is 16.3. The van der Waals surface area contributed by atoms with Crippen LogP contribution in [0, 0.1) is 20.8 Å². The molecule has 0 spiro atoms.